The second-order valence-corrected chi connectivity index (χ2v) is 6.22. The van der Waals surface area contributed by atoms with E-state index in [0.717, 1.165) is 23.5 Å². The number of carbonyl (C=O) groups excluding carboxylic acids is 1. The van der Waals surface area contributed by atoms with E-state index in [4.69, 9.17) is 0 Å². The number of halogens is 1. The molecule has 0 radical (unpaired) electrons. The summed E-state index contributed by atoms with van der Waals surface area (Å²) in [6.45, 7) is 3.87. The van der Waals surface area contributed by atoms with E-state index in [0.29, 0.717) is 25.9 Å². The van der Waals surface area contributed by atoms with E-state index >= 15 is 0 Å². The van der Waals surface area contributed by atoms with E-state index in [1.54, 1.807) is 12.4 Å². The van der Waals surface area contributed by atoms with E-state index in [9.17, 15) is 9.18 Å². The maximum Gasteiger partial charge on any atom is 0.223 e. The van der Waals surface area contributed by atoms with Crippen molar-refractivity contribution in [3.8, 4) is 0 Å². The van der Waals surface area contributed by atoms with Crippen LogP contribution in [-0.4, -0.2) is 52.9 Å². The summed E-state index contributed by atoms with van der Waals surface area (Å²) in [5.41, 5.74) is 2.70. The summed E-state index contributed by atoms with van der Waals surface area (Å²) in [4.78, 5) is 23.8. The number of nitrogens with zero attached hydrogens (tertiary/aromatic N) is 3. The standard InChI is InChI=1S/C18H25FN4O/c1-14-17(21-13-20-14)12-23(10-9-22(2)3)18(24)8-7-15-5-4-6-16(19)11-15/h4-6,11,13H,7-10,12H2,1-3H3,(H,20,21). The van der Waals surface area contributed by atoms with Crippen molar-refractivity contribution >= 4 is 5.91 Å². The van der Waals surface area contributed by atoms with Gasteiger partial charge in [-0.25, -0.2) is 9.37 Å². The molecule has 1 aromatic carbocycles. The Labute approximate surface area is 142 Å². The molecule has 0 saturated heterocycles. The summed E-state index contributed by atoms with van der Waals surface area (Å²) in [6, 6.07) is 6.41. The molecule has 2 rings (SSSR count). The van der Waals surface area contributed by atoms with Crippen LogP contribution in [0.1, 0.15) is 23.4 Å². The molecule has 1 amide bonds. The average Bonchev–Trinajstić information content (AvgIpc) is 2.94. The fourth-order valence-corrected chi connectivity index (χ4v) is 2.44. The lowest BCUT2D eigenvalue weighted by Gasteiger charge is -2.24. The van der Waals surface area contributed by atoms with Crippen molar-refractivity contribution in [2.24, 2.45) is 0 Å². The van der Waals surface area contributed by atoms with Crippen molar-refractivity contribution in [2.75, 3.05) is 27.2 Å². The van der Waals surface area contributed by atoms with Gasteiger partial charge in [0.25, 0.3) is 0 Å². The maximum absolute atomic E-state index is 13.2. The molecule has 2 aromatic rings. The molecule has 0 spiro atoms. The highest BCUT2D eigenvalue weighted by atomic mass is 19.1. The molecule has 0 bridgehead atoms. The SMILES string of the molecule is Cc1[nH]cnc1CN(CCN(C)C)C(=O)CCc1cccc(F)c1. The van der Waals surface area contributed by atoms with E-state index in [1.807, 2.05) is 36.9 Å². The normalized spacial score (nSPS) is 11.0. The van der Waals surface area contributed by atoms with Gasteiger partial charge in [-0.1, -0.05) is 12.1 Å². The van der Waals surface area contributed by atoms with Gasteiger partial charge >= 0.3 is 0 Å². The van der Waals surface area contributed by atoms with Gasteiger partial charge in [0.1, 0.15) is 5.82 Å². The Morgan fingerprint density at radius 1 is 1.29 bits per heavy atom. The van der Waals surface area contributed by atoms with Gasteiger partial charge in [0.05, 0.1) is 18.6 Å². The molecule has 0 atom stereocenters. The van der Waals surface area contributed by atoms with Crippen LogP contribution in [0.2, 0.25) is 0 Å². The molecule has 24 heavy (non-hydrogen) atoms. The number of aryl methyl sites for hydroxylation is 2. The fourth-order valence-electron chi connectivity index (χ4n) is 2.44. The Morgan fingerprint density at radius 2 is 2.08 bits per heavy atom. The second-order valence-electron chi connectivity index (χ2n) is 6.22. The number of hydrogen-bond acceptors (Lipinski definition) is 3. The van der Waals surface area contributed by atoms with Crippen molar-refractivity contribution in [1.82, 2.24) is 19.8 Å². The van der Waals surface area contributed by atoms with Crippen LogP contribution < -0.4 is 0 Å². The van der Waals surface area contributed by atoms with Crippen molar-refractivity contribution in [3.63, 3.8) is 0 Å². The minimum Gasteiger partial charge on any atom is -0.348 e. The molecular weight excluding hydrogens is 307 g/mol. The molecule has 0 aliphatic heterocycles. The number of likely N-dealkylation sites (N-methyl/N-ethyl adjacent to an activating group) is 1. The fraction of sp³-hybridized carbons (Fsp3) is 0.444. The van der Waals surface area contributed by atoms with Crippen molar-refractivity contribution in [1.29, 1.82) is 0 Å². The minimum atomic E-state index is -0.267. The Hall–Kier alpha value is -2.21. The number of rotatable bonds is 8. The number of aromatic amines is 1. The molecular formula is C18H25FN4O. The monoisotopic (exact) mass is 332 g/mol. The molecule has 0 fully saturated rings. The van der Waals surface area contributed by atoms with Gasteiger partial charge in [-0.05, 0) is 45.1 Å². The number of imidazole rings is 1. The Morgan fingerprint density at radius 3 is 2.71 bits per heavy atom. The molecule has 6 heteroatoms. The third-order valence-electron chi connectivity index (χ3n) is 3.96. The van der Waals surface area contributed by atoms with Gasteiger partial charge in [0.15, 0.2) is 0 Å². The third-order valence-corrected chi connectivity index (χ3v) is 3.96. The number of aromatic nitrogens is 2. The van der Waals surface area contributed by atoms with Crippen LogP contribution in [0.3, 0.4) is 0 Å². The lowest BCUT2D eigenvalue weighted by atomic mass is 10.1. The first-order valence-electron chi connectivity index (χ1n) is 8.11. The molecule has 0 aliphatic carbocycles. The zero-order valence-electron chi connectivity index (χ0n) is 14.6. The van der Waals surface area contributed by atoms with Crippen molar-refractivity contribution < 1.29 is 9.18 Å². The topological polar surface area (TPSA) is 52.2 Å². The molecule has 1 heterocycles. The number of hydrogen-bond donors (Lipinski definition) is 1. The highest BCUT2D eigenvalue weighted by molar-refractivity contribution is 5.76. The second kappa shape index (κ2) is 8.59. The van der Waals surface area contributed by atoms with Gasteiger partial charge in [-0.15, -0.1) is 0 Å². The van der Waals surface area contributed by atoms with Gasteiger partial charge in [-0.3, -0.25) is 4.79 Å². The molecule has 130 valence electrons. The predicted octanol–water partition coefficient (Wildman–Crippen LogP) is 2.38. The molecule has 1 N–H and O–H groups in total. The highest BCUT2D eigenvalue weighted by Crippen LogP contribution is 2.11. The van der Waals surface area contributed by atoms with Gasteiger partial charge in [0.2, 0.25) is 5.91 Å². The van der Waals surface area contributed by atoms with E-state index in [1.165, 1.54) is 12.1 Å². The summed E-state index contributed by atoms with van der Waals surface area (Å²) in [5.74, 6) is -0.208. The number of amides is 1. The van der Waals surface area contributed by atoms with E-state index < -0.39 is 0 Å². The minimum absolute atomic E-state index is 0.0588. The molecule has 5 nitrogen and oxygen atoms in total. The van der Waals surface area contributed by atoms with Gasteiger partial charge in [-0.2, -0.15) is 0 Å². The molecule has 0 unspecified atom stereocenters. The first-order valence-corrected chi connectivity index (χ1v) is 8.11. The van der Waals surface area contributed by atoms with Crippen LogP contribution in [0, 0.1) is 12.7 Å². The zero-order valence-corrected chi connectivity index (χ0v) is 14.6. The van der Waals surface area contributed by atoms with Crippen LogP contribution in [-0.2, 0) is 17.8 Å². The smallest absolute Gasteiger partial charge is 0.223 e. The largest absolute Gasteiger partial charge is 0.348 e. The first-order chi connectivity index (χ1) is 11.5. The molecule has 1 aromatic heterocycles. The maximum atomic E-state index is 13.2. The zero-order chi connectivity index (χ0) is 17.5. The average molecular weight is 332 g/mol. The van der Waals surface area contributed by atoms with Crippen molar-refractivity contribution in [3.05, 3.63) is 53.4 Å². The molecule has 0 aliphatic rings. The van der Waals surface area contributed by atoms with Crippen molar-refractivity contribution in [2.45, 2.75) is 26.3 Å². The van der Waals surface area contributed by atoms with Crippen LogP contribution >= 0.6 is 0 Å². The lowest BCUT2D eigenvalue weighted by molar-refractivity contribution is -0.132. The summed E-state index contributed by atoms with van der Waals surface area (Å²) >= 11 is 0. The first kappa shape index (κ1) is 18.1. The summed E-state index contributed by atoms with van der Waals surface area (Å²) < 4.78 is 13.2. The van der Waals surface area contributed by atoms with E-state index in [2.05, 4.69) is 9.97 Å². The number of carbonyl (C=O) groups is 1. The number of nitrogens with one attached hydrogen (secondary N) is 1. The van der Waals surface area contributed by atoms with Gasteiger partial charge in [0, 0.05) is 25.2 Å². The summed E-state index contributed by atoms with van der Waals surface area (Å²) in [5, 5.41) is 0. The quantitative estimate of drug-likeness (QED) is 0.807. The predicted molar refractivity (Wildman–Crippen MR) is 92.0 cm³/mol. The summed E-state index contributed by atoms with van der Waals surface area (Å²) in [6.07, 6.45) is 2.54. The van der Waals surface area contributed by atoms with Crippen LogP contribution in [0.15, 0.2) is 30.6 Å². The summed E-state index contributed by atoms with van der Waals surface area (Å²) in [7, 11) is 3.96. The lowest BCUT2D eigenvalue weighted by Crippen LogP contribution is -2.36. The van der Waals surface area contributed by atoms with E-state index in [-0.39, 0.29) is 11.7 Å². The number of benzene rings is 1. The van der Waals surface area contributed by atoms with Gasteiger partial charge < -0.3 is 14.8 Å². The number of H-pyrrole nitrogens is 1. The highest BCUT2D eigenvalue weighted by Gasteiger charge is 2.16. The van der Waals surface area contributed by atoms with Crippen LogP contribution in [0.4, 0.5) is 4.39 Å². The Kier molecular flexibility index (Phi) is 6.49. The third kappa shape index (κ3) is 5.45. The molecule has 0 saturated carbocycles. The Bertz CT molecular complexity index is 669. The van der Waals surface area contributed by atoms with Crippen LogP contribution in [0.25, 0.3) is 0 Å². The Balaban J connectivity index is 1.99. The van der Waals surface area contributed by atoms with Crippen LogP contribution in [0.5, 0.6) is 0 Å².